The quantitative estimate of drug-likeness (QED) is 0.0204. The lowest BCUT2D eigenvalue weighted by Crippen LogP contribution is -2.61. The molecule has 0 spiro atoms. The number of phosphoric acid groups is 1. The van der Waals surface area contributed by atoms with Gasteiger partial charge in [0.05, 0.1) is 64.5 Å². The van der Waals surface area contributed by atoms with Crippen molar-refractivity contribution in [1.29, 1.82) is 0 Å². The van der Waals surface area contributed by atoms with Gasteiger partial charge in [0.15, 0.2) is 0 Å². The molecule has 2 aromatic heterocycles. The maximum Gasteiger partial charge on any atom is 0.472 e. The molecule has 3 rings (SSSR count). The fourth-order valence-electron chi connectivity index (χ4n) is 6.91. The van der Waals surface area contributed by atoms with E-state index in [4.69, 9.17) is 30.0 Å². The fraction of sp³-hybridized carbons (Fsp3) is 0.643. The summed E-state index contributed by atoms with van der Waals surface area (Å²) in [6.07, 6.45) is 4.37. The number of aryl methyl sites for hydroxylation is 1. The number of hydrogen-bond donors (Lipinski definition) is 11. The van der Waals surface area contributed by atoms with Crippen LogP contribution >= 0.6 is 20.5 Å². The minimum atomic E-state index is -4.78. The number of aliphatic hydroxyl groups is 1. The number of carbonyl (C=O) groups is 7. The highest BCUT2D eigenvalue weighted by Gasteiger charge is 2.38. The molecular formula is C42H68N11O14PS. The van der Waals surface area contributed by atoms with E-state index in [9.17, 15) is 48.1 Å². The van der Waals surface area contributed by atoms with Crippen molar-refractivity contribution in [3.8, 4) is 0 Å². The first-order valence-corrected chi connectivity index (χ1v) is 24.7. The van der Waals surface area contributed by atoms with Crippen LogP contribution < -0.4 is 38.1 Å². The van der Waals surface area contributed by atoms with E-state index in [0.717, 1.165) is 5.69 Å². The lowest BCUT2D eigenvalue weighted by atomic mass is 10.0. The molecule has 7 amide bonds. The Morgan fingerprint density at radius 2 is 1.64 bits per heavy atom. The number of rotatable bonds is 33. The Kier molecular flexibility index (Phi) is 25.8. The highest BCUT2D eigenvalue weighted by molar-refractivity contribution is 7.80. The number of thiol groups is 1. The number of nitrogens with one attached hydrogen (secondary N) is 6. The van der Waals surface area contributed by atoms with Gasteiger partial charge in [-0.15, -0.1) is 0 Å². The van der Waals surface area contributed by atoms with Crippen LogP contribution in [0.3, 0.4) is 0 Å². The zero-order chi connectivity index (χ0) is 50.9. The Balaban J connectivity index is 1.59. The molecule has 25 nitrogen and oxygen atoms in total. The largest absolute Gasteiger partial charge is 0.472 e. The first-order valence-electron chi connectivity index (χ1n) is 22.6. The molecule has 1 fully saturated rings. The number of hydrogen-bond acceptors (Lipinski definition) is 17. The van der Waals surface area contributed by atoms with E-state index in [2.05, 4.69) is 54.2 Å². The van der Waals surface area contributed by atoms with Crippen LogP contribution in [-0.4, -0.2) is 172 Å². The number of likely N-dealkylation sites (tertiary alicyclic amines) is 1. The van der Waals surface area contributed by atoms with Crippen molar-refractivity contribution in [3.63, 3.8) is 0 Å². The Bertz CT molecular complexity index is 1990. The number of phosphoric ester groups is 1. The van der Waals surface area contributed by atoms with Gasteiger partial charge in [0.2, 0.25) is 41.4 Å². The summed E-state index contributed by atoms with van der Waals surface area (Å²) >= 11 is 3.98. The Hall–Kier alpha value is -5.05. The molecule has 0 bridgehead atoms. The highest BCUT2D eigenvalue weighted by atomic mass is 32.1. The van der Waals surface area contributed by atoms with Gasteiger partial charge in [-0.2, -0.15) is 12.6 Å². The molecule has 0 saturated carbocycles. The number of carbonyl (C=O) groups excluding carboxylic acids is 7. The van der Waals surface area contributed by atoms with E-state index in [-0.39, 0.29) is 82.3 Å². The summed E-state index contributed by atoms with van der Waals surface area (Å²) in [5.74, 6) is -5.18. The third kappa shape index (κ3) is 21.2. The summed E-state index contributed by atoms with van der Waals surface area (Å²) < 4.78 is 33.8. The van der Waals surface area contributed by atoms with Gasteiger partial charge in [-0.25, -0.2) is 9.55 Å². The monoisotopic (exact) mass is 1010 g/mol. The van der Waals surface area contributed by atoms with E-state index in [1.165, 1.54) is 24.3 Å². The minimum Gasteiger partial charge on any atom is -0.394 e. The molecule has 27 heteroatoms. The fourth-order valence-corrected chi connectivity index (χ4v) is 8.04. The average molecular weight is 1010 g/mol. The third-order valence-corrected chi connectivity index (χ3v) is 12.0. The lowest BCUT2D eigenvalue weighted by Gasteiger charge is -2.29. The summed E-state index contributed by atoms with van der Waals surface area (Å²) in [5.41, 5.74) is 12.2. The van der Waals surface area contributed by atoms with Crippen LogP contribution in [0.5, 0.6) is 0 Å². The van der Waals surface area contributed by atoms with Crippen molar-refractivity contribution in [1.82, 2.24) is 46.4 Å². The van der Waals surface area contributed by atoms with E-state index in [0.29, 0.717) is 37.9 Å². The molecule has 8 atom stereocenters. The van der Waals surface area contributed by atoms with E-state index < -0.39 is 86.3 Å². The van der Waals surface area contributed by atoms with Gasteiger partial charge in [-0.3, -0.25) is 47.6 Å². The molecule has 12 N–H and O–H groups in total. The van der Waals surface area contributed by atoms with Crippen LogP contribution in [0.1, 0.15) is 64.3 Å². The number of amides is 7. The number of aromatic nitrogens is 3. The number of nitrogens with two attached hydrogens (primary N) is 2. The van der Waals surface area contributed by atoms with Crippen LogP contribution in [0, 0.1) is 5.92 Å². The average Bonchev–Trinajstić information content (AvgIpc) is 4.03. The van der Waals surface area contributed by atoms with Crippen LogP contribution in [0.15, 0.2) is 36.9 Å². The van der Waals surface area contributed by atoms with Crippen molar-refractivity contribution in [2.45, 2.75) is 108 Å². The van der Waals surface area contributed by atoms with Crippen molar-refractivity contribution in [2.75, 3.05) is 58.5 Å². The normalized spacial score (nSPS) is 17.1. The number of aromatic amines is 1. The smallest absolute Gasteiger partial charge is 0.394 e. The number of pyridine rings is 1. The Morgan fingerprint density at radius 3 is 2.28 bits per heavy atom. The number of imidazole rings is 1. The molecule has 0 aromatic carbocycles. The topological polar surface area (TPSA) is 371 Å². The first kappa shape index (κ1) is 58.3. The summed E-state index contributed by atoms with van der Waals surface area (Å²) in [6, 6.07) is -2.35. The van der Waals surface area contributed by atoms with Crippen LogP contribution in [-0.2, 0) is 69.5 Å². The van der Waals surface area contributed by atoms with Crippen molar-refractivity contribution < 1.29 is 66.6 Å². The third-order valence-electron chi connectivity index (χ3n) is 10.5. The standard InChI is InChI=1S/C42H68N11O14PS/c1-26(2)20-31(50-42(61)34-10-6-14-53(34)35(55)11-16-64-18-19-65-17-13-47-38(57)30(43)24-69)39(58)49-32(21-29-22-45-25-48-29)40(59)51-33(23-54)41(60)52-36(37(44)56)27(3)67-68(62,63)66-15-7-9-28-8-4-5-12-46-28/h4-5,8,12,22,25-27,30-34,36,54,69H,6-7,9-11,13-21,23-24,43H2,1-3H3,(H2,44,56)(H,45,48)(H,47,57)(H,49,58)(H,50,61)(H,51,59)(H,52,60)(H,62,63)/t27-,30+,31+,32+,33+,34+,36+/m1/s1. The van der Waals surface area contributed by atoms with Gasteiger partial charge in [-0.05, 0) is 57.1 Å². The van der Waals surface area contributed by atoms with Crippen molar-refractivity contribution in [3.05, 3.63) is 48.3 Å². The second kappa shape index (κ2) is 30.5. The van der Waals surface area contributed by atoms with Crippen LogP contribution in [0.25, 0.3) is 0 Å². The zero-order valence-corrected chi connectivity index (χ0v) is 40.9. The lowest BCUT2D eigenvalue weighted by molar-refractivity contribution is -0.140. The number of ether oxygens (including phenoxy) is 2. The van der Waals surface area contributed by atoms with Crippen molar-refractivity contribution >= 4 is 61.8 Å². The zero-order valence-electron chi connectivity index (χ0n) is 39.1. The second-order valence-corrected chi connectivity index (χ2v) is 18.3. The predicted octanol–water partition coefficient (Wildman–Crippen LogP) is -2.25. The predicted molar refractivity (Wildman–Crippen MR) is 250 cm³/mol. The maximum atomic E-state index is 14.0. The molecule has 1 saturated heterocycles. The molecule has 0 radical (unpaired) electrons. The minimum absolute atomic E-state index is 0.0153. The first-order chi connectivity index (χ1) is 32.8. The van der Waals surface area contributed by atoms with E-state index in [1.54, 1.807) is 24.4 Å². The number of aliphatic hydroxyl groups excluding tert-OH is 1. The molecule has 386 valence electrons. The second-order valence-electron chi connectivity index (χ2n) is 16.5. The van der Waals surface area contributed by atoms with Gasteiger partial charge < -0.3 is 67.4 Å². The van der Waals surface area contributed by atoms with Gasteiger partial charge in [0, 0.05) is 49.0 Å². The maximum absolute atomic E-state index is 14.0. The molecule has 1 aliphatic rings. The Labute approximate surface area is 406 Å². The molecule has 1 aliphatic heterocycles. The van der Waals surface area contributed by atoms with Crippen LogP contribution in [0.2, 0.25) is 0 Å². The molecule has 69 heavy (non-hydrogen) atoms. The molecule has 0 aliphatic carbocycles. The van der Waals surface area contributed by atoms with Crippen molar-refractivity contribution in [2.24, 2.45) is 17.4 Å². The number of nitrogens with zero attached hydrogens (tertiary/aromatic N) is 3. The Morgan fingerprint density at radius 1 is 0.942 bits per heavy atom. The summed E-state index contributed by atoms with van der Waals surface area (Å²) in [4.78, 5) is 115. The molecule has 2 aromatic rings. The van der Waals surface area contributed by atoms with Gasteiger partial charge in [0.1, 0.15) is 30.2 Å². The summed E-state index contributed by atoms with van der Waals surface area (Å²) in [6.45, 7) is 4.89. The number of H-pyrrole nitrogens is 1. The SMILES string of the molecule is CC(C)C[C@H](NC(=O)[C@@H]1CCCN1C(=O)CCOCCOCCNC(=O)[C@@H](N)CS)C(=O)N[C@@H](Cc1cnc[nH]1)C(=O)N[C@@H](CO)C(=O)N[C@H](C(N)=O)[C@@H](C)OP(=O)(O)OCCCc1ccccn1. The highest BCUT2D eigenvalue weighted by Crippen LogP contribution is 2.45. The van der Waals surface area contributed by atoms with E-state index in [1.807, 2.05) is 13.8 Å². The van der Waals surface area contributed by atoms with E-state index >= 15 is 0 Å². The summed E-state index contributed by atoms with van der Waals surface area (Å²) in [5, 5.41) is 22.8. The van der Waals surface area contributed by atoms with Gasteiger partial charge >= 0.3 is 7.82 Å². The van der Waals surface area contributed by atoms with Gasteiger partial charge in [0.25, 0.3) is 0 Å². The number of primary amides is 1. The molecule has 1 unspecified atom stereocenters. The molecular weight excluding hydrogens is 946 g/mol. The van der Waals surface area contributed by atoms with Crippen LogP contribution in [0.4, 0.5) is 0 Å². The summed E-state index contributed by atoms with van der Waals surface area (Å²) in [7, 11) is -4.78. The molecule has 3 heterocycles. The van der Waals surface area contributed by atoms with Gasteiger partial charge in [-0.1, -0.05) is 19.9 Å².